The summed E-state index contributed by atoms with van der Waals surface area (Å²) in [6.07, 6.45) is 3.48. The van der Waals surface area contributed by atoms with Gasteiger partial charge in [-0.2, -0.15) is 10.1 Å². The number of halogens is 2. The van der Waals surface area contributed by atoms with Crippen molar-refractivity contribution in [2.24, 2.45) is 16.1 Å². The molecule has 0 saturated carbocycles. The fraction of sp³-hybridized carbons (Fsp3) is 0.192. The van der Waals surface area contributed by atoms with Gasteiger partial charge in [-0.3, -0.25) is 4.79 Å². The first-order valence-electron chi connectivity index (χ1n) is 10.6. The molecule has 4 aromatic rings. The number of nitrogens with two attached hydrogens (primary N) is 1. The molecule has 0 aliphatic rings. The average Bonchev–Trinajstić information content (AvgIpc) is 3.24. The smallest absolute Gasteiger partial charge is 0.254 e. The highest BCUT2D eigenvalue weighted by atomic mass is 32.2. The Hall–Kier alpha value is -3.52. The first kappa shape index (κ1) is 23.6. The Morgan fingerprint density at radius 1 is 1.00 bits per heavy atom. The molecule has 1 atom stereocenters. The molecule has 0 saturated heterocycles. The van der Waals surface area contributed by atoms with E-state index in [1.807, 2.05) is 32.0 Å². The van der Waals surface area contributed by atoms with Crippen molar-refractivity contribution in [3.8, 4) is 5.69 Å². The predicted octanol–water partition coefficient (Wildman–Crippen LogP) is 5.67. The number of benzene rings is 3. The van der Waals surface area contributed by atoms with Crippen LogP contribution >= 0.6 is 11.8 Å². The molecule has 1 amide bonds. The molecule has 5 nitrogen and oxygen atoms in total. The SMILES string of the molecule is CSC(N)=NC(=O)C(C)(C)C(c1ccc(F)cc1)c1ccc2c(cnn2-c2ccc(F)cc2)c1. The van der Waals surface area contributed by atoms with E-state index >= 15 is 0 Å². The molecule has 8 heteroatoms. The summed E-state index contributed by atoms with van der Waals surface area (Å²) in [5, 5.41) is 5.50. The Morgan fingerprint density at radius 3 is 2.21 bits per heavy atom. The van der Waals surface area contributed by atoms with Crippen molar-refractivity contribution in [1.82, 2.24) is 9.78 Å². The first-order chi connectivity index (χ1) is 16.2. The van der Waals surface area contributed by atoms with E-state index in [0.29, 0.717) is 0 Å². The van der Waals surface area contributed by atoms with Gasteiger partial charge in [0.1, 0.15) is 11.6 Å². The van der Waals surface area contributed by atoms with Gasteiger partial charge in [-0.15, -0.1) is 0 Å². The van der Waals surface area contributed by atoms with E-state index in [2.05, 4.69) is 10.1 Å². The molecule has 4 rings (SSSR count). The number of hydrogen-bond acceptors (Lipinski definition) is 3. The first-order valence-corrected chi connectivity index (χ1v) is 11.8. The Labute approximate surface area is 200 Å². The van der Waals surface area contributed by atoms with Crippen molar-refractivity contribution in [2.75, 3.05) is 6.26 Å². The van der Waals surface area contributed by atoms with E-state index in [4.69, 9.17) is 5.73 Å². The van der Waals surface area contributed by atoms with E-state index in [1.165, 1.54) is 36.0 Å². The van der Waals surface area contributed by atoms with Crippen LogP contribution in [-0.2, 0) is 4.79 Å². The maximum absolute atomic E-state index is 13.7. The molecule has 0 aliphatic carbocycles. The lowest BCUT2D eigenvalue weighted by atomic mass is 9.70. The van der Waals surface area contributed by atoms with Gasteiger partial charge in [0.05, 0.1) is 22.8 Å². The number of hydrogen-bond donors (Lipinski definition) is 1. The van der Waals surface area contributed by atoms with Crippen LogP contribution in [0.1, 0.15) is 30.9 Å². The number of rotatable bonds is 5. The summed E-state index contributed by atoms with van der Waals surface area (Å²) < 4.78 is 28.8. The zero-order chi connectivity index (χ0) is 24.5. The number of fused-ring (bicyclic) bond motifs is 1. The Bertz CT molecular complexity index is 1360. The van der Waals surface area contributed by atoms with Crippen LogP contribution in [0.3, 0.4) is 0 Å². The molecule has 1 aromatic heterocycles. The summed E-state index contributed by atoms with van der Waals surface area (Å²) in [5.41, 5.74) is 8.05. The van der Waals surface area contributed by atoms with Gasteiger partial charge in [-0.05, 0) is 65.9 Å². The van der Waals surface area contributed by atoms with E-state index < -0.39 is 11.3 Å². The quantitative estimate of drug-likeness (QED) is 0.296. The van der Waals surface area contributed by atoms with Gasteiger partial charge in [0.15, 0.2) is 5.17 Å². The Kier molecular flexibility index (Phi) is 6.52. The summed E-state index contributed by atoms with van der Waals surface area (Å²) in [5.74, 6) is -1.46. The summed E-state index contributed by atoms with van der Waals surface area (Å²) in [6.45, 7) is 3.62. The van der Waals surface area contributed by atoms with Crippen molar-refractivity contribution in [3.63, 3.8) is 0 Å². The Balaban J connectivity index is 1.83. The third kappa shape index (κ3) is 4.59. The zero-order valence-electron chi connectivity index (χ0n) is 19.0. The summed E-state index contributed by atoms with van der Waals surface area (Å²) >= 11 is 1.20. The number of amides is 1. The van der Waals surface area contributed by atoms with Crippen molar-refractivity contribution in [1.29, 1.82) is 0 Å². The lowest BCUT2D eigenvalue weighted by Crippen LogP contribution is -2.32. The molecule has 174 valence electrons. The maximum atomic E-state index is 13.7. The standard InChI is InChI=1S/C26H24F2N4OS/c1-26(2,24(33)31-25(29)34-3)23(16-4-7-19(27)8-5-16)17-6-13-22-18(14-17)15-30-32(22)21-11-9-20(28)10-12-21/h4-15,23H,1-3H3,(H2,29,31,33). The summed E-state index contributed by atoms with van der Waals surface area (Å²) in [7, 11) is 0. The van der Waals surface area contributed by atoms with Crippen LogP contribution in [0.15, 0.2) is 77.9 Å². The minimum absolute atomic E-state index is 0.187. The molecular formula is C26H24F2N4OS. The molecule has 0 bridgehead atoms. The van der Waals surface area contributed by atoms with Crippen LogP contribution in [0, 0.1) is 17.0 Å². The lowest BCUT2D eigenvalue weighted by molar-refractivity contribution is -0.126. The highest BCUT2D eigenvalue weighted by Gasteiger charge is 2.39. The van der Waals surface area contributed by atoms with Crippen molar-refractivity contribution in [3.05, 3.63) is 95.7 Å². The lowest BCUT2D eigenvalue weighted by Gasteiger charge is -2.32. The third-order valence-corrected chi connectivity index (χ3v) is 6.40. The summed E-state index contributed by atoms with van der Waals surface area (Å²) in [4.78, 5) is 17.2. The molecule has 0 fully saturated rings. The zero-order valence-corrected chi connectivity index (χ0v) is 19.8. The normalized spacial score (nSPS) is 13.3. The minimum Gasteiger partial charge on any atom is -0.378 e. The molecule has 1 unspecified atom stereocenters. The van der Waals surface area contributed by atoms with Gasteiger partial charge >= 0.3 is 0 Å². The van der Waals surface area contributed by atoms with Crippen molar-refractivity contribution >= 4 is 33.7 Å². The number of amidine groups is 1. The number of aliphatic imine (C=N–C) groups is 1. The summed E-state index contributed by atoms with van der Waals surface area (Å²) in [6, 6.07) is 18.0. The fourth-order valence-corrected chi connectivity index (χ4v) is 4.29. The number of nitrogens with zero attached hydrogens (tertiary/aromatic N) is 3. The van der Waals surface area contributed by atoms with E-state index in [1.54, 1.807) is 41.4 Å². The van der Waals surface area contributed by atoms with Crippen molar-refractivity contribution < 1.29 is 13.6 Å². The monoisotopic (exact) mass is 478 g/mol. The van der Waals surface area contributed by atoms with E-state index in [-0.39, 0.29) is 22.7 Å². The number of thioether (sulfide) groups is 1. The fourth-order valence-electron chi connectivity index (χ4n) is 4.11. The molecule has 0 aliphatic heterocycles. The number of carbonyl (C=O) groups excluding carboxylic acids is 1. The largest absolute Gasteiger partial charge is 0.378 e. The average molecular weight is 479 g/mol. The van der Waals surface area contributed by atoms with Crippen LogP contribution in [0.25, 0.3) is 16.6 Å². The molecule has 0 spiro atoms. The molecule has 3 aromatic carbocycles. The van der Waals surface area contributed by atoms with Crippen molar-refractivity contribution in [2.45, 2.75) is 19.8 Å². The van der Waals surface area contributed by atoms with Gasteiger partial charge < -0.3 is 5.73 Å². The molecule has 1 heterocycles. The van der Waals surface area contributed by atoms with Gasteiger partial charge in [0, 0.05) is 11.3 Å². The number of carbonyl (C=O) groups is 1. The molecular weight excluding hydrogens is 454 g/mol. The van der Waals surface area contributed by atoms with Crippen LogP contribution in [0.2, 0.25) is 0 Å². The topological polar surface area (TPSA) is 73.3 Å². The highest BCUT2D eigenvalue weighted by molar-refractivity contribution is 8.13. The van der Waals surface area contributed by atoms with Gasteiger partial charge in [-0.25, -0.2) is 13.5 Å². The minimum atomic E-state index is -0.973. The molecule has 0 radical (unpaired) electrons. The second-order valence-electron chi connectivity index (χ2n) is 8.52. The molecule has 34 heavy (non-hydrogen) atoms. The predicted molar refractivity (Wildman–Crippen MR) is 133 cm³/mol. The molecule has 2 N–H and O–H groups in total. The number of aromatic nitrogens is 2. The van der Waals surface area contributed by atoms with E-state index in [9.17, 15) is 13.6 Å². The van der Waals surface area contributed by atoms with Gasteiger partial charge in [0.2, 0.25) is 0 Å². The van der Waals surface area contributed by atoms with Crippen LogP contribution in [0.4, 0.5) is 8.78 Å². The van der Waals surface area contributed by atoms with Crippen LogP contribution in [-0.4, -0.2) is 27.1 Å². The van der Waals surface area contributed by atoms with E-state index in [0.717, 1.165) is 27.7 Å². The highest BCUT2D eigenvalue weighted by Crippen LogP contribution is 2.43. The Morgan fingerprint density at radius 2 is 1.59 bits per heavy atom. The maximum Gasteiger partial charge on any atom is 0.254 e. The second kappa shape index (κ2) is 9.38. The van der Waals surface area contributed by atoms with Crippen LogP contribution in [0.5, 0.6) is 0 Å². The van der Waals surface area contributed by atoms with Crippen LogP contribution < -0.4 is 5.73 Å². The van der Waals surface area contributed by atoms with Gasteiger partial charge in [0.25, 0.3) is 5.91 Å². The second-order valence-corrected chi connectivity index (χ2v) is 9.34. The third-order valence-electron chi connectivity index (χ3n) is 5.89. The van der Waals surface area contributed by atoms with Gasteiger partial charge in [-0.1, -0.05) is 43.8 Å².